The van der Waals surface area contributed by atoms with Crippen molar-refractivity contribution in [3.05, 3.63) is 59.7 Å². The van der Waals surface area contributed by atoms with Crippen molar-refractivity contribution in [2.75, 3.05) is 26.5 Å². The van der Waals surface area contributed by atoms with Crippen LogP contribution in [0.5, 0.6) is 5.75 Å². The fourth-order valence-electron chi connectivity index (χ4n) is 2.60. The molecule has 0 fully saturated rings. The minimum Gasteiger partial charge on any atom is -0.484 e. The molecule has 2 aromatic rings. The van der Waals surface area contributed by atoms with Crippen molar-refractivity contribution in [3.8, 4) is 5.75 Å². The summed E-state index contributed by atoms with van der Waals surface area (Å²) in [6, 6.07) is 16.1. The summed E-state index contributed by atoms with van der Waals surface area (Å²) in [5, 5.41) is 3.33. The lowest BCUT2D eigenvalue weighted by atomic mass is 10.2. The van der Waals surface area contributed by atoms with Gasteiger partial charge in [-0.05, 0) is 48.6 Å². The maximum absolute atomic E-state index is 10.9. The molecule has 0 aliphatic rings. The molecule has 8 heteroatoms. The van der Waals surface area contributed by atoms with Crippen LogP contribution in [0.4, 0.5) is 0 Å². The monoisotopic (exact) mass is 528 g/mol. The summed E-state index contributed by atoms with van der Waals surface area (Å²) in [6.07, 6.45) is 2.07. The smallest absolute Gasteiger partial charge is 0.255 e. The van der Waals surface area contributed by atoms with E-state index in [9.17, 15) is 4.79 Å². The Morgan fingerprint density at radius 2 is 1.93 bits per heavy atom. The largest absolute Gasteiger partial charge is 0.484 e. The fourth-order valence-corrected chi connectivity index (χ4v) is 3.01. The molecule has 0 atom stereocenters. The van der Waals surface area contributed by atoms with Crippen LogP contribution >= 0.6 is 35.7 Å². The number of halogens is 1. The molecule has 3 N–H and O–H groups in total. The Kier molecular flexibility index (Phi) is 11.5. The maximum atomic E-state index is 10.9. The standard InChI is InChI=1S/C21H28N4O2S.HI/c1-4-23-21(25(2)14-16-8-10-19(28-3)11-9-16)24-13-17-6-5-7-18(12-17)27-15-20(22)26;/h5-12H,4,13-15H2,1-3H3,(H2,22,26)(H,23,24);1H. The summed E-state index contributed by atoms with van der Waals surface area (Å²) in [6.45, 7) is 3.98. The third-order valence-corrected chi connectivity index (χ3v) is 4.71. The highest BCUT2D eigenvalue weighted by Crippen LogP contribution is 2.16. The molecule has 0 unspecified atom stereocenters. The number of nitrogens with two attached hydrogens (primary N) is 1. The van der Waals surface area contributed by atoms with E-state index in [1.807, 2.05) is 25.2 Å². The number of thioether (sulfide) groups is 1. The van der Waals surface area contributed by atoms with Gasteiger partial charge in [0.05, 0.1) is 6.54 Å². The maximum Gasteiger partial charge on any atom is 0.255 e. The Hall–Kier alpha value is -1.94. The number of carbonyl (C=O) groups is 1. The van der Waals surface area contributed by atoms with Gasteiger partial charge in [0, 0.05) is 25.0 Å². The Morgan fingerprint density at radius 1 is 1.21 bits per heavy atom. The van der Waals surface area contributed by atoms with Crippen LogP contribution in [0.15, 0.2) is 58.4 Å². The first-order chi connectivity index (χ1) is 13.5. The summed E-state index contributed by atoms with van der Waals surface area (Å²) < 4.78 is 5.36. The number of hydrogen-bond donors (Lipinski definition) is 2. The first kappa shape index (κ1) is 25.1. The molecule has 0 aliphatic heterocycles. The number of guanidine groups is 1. The van der Waals surface area contributed by atoms with Crippen molar-refractivity contribution in [2.24, 2.45) is 10.7 Å². The van der Waals surface area contributed by atoms with Crippen LogP contribution < -0.4 is 15.8 Å². The Balaban J connectivity index is 0.00000420. The van der Waals surface area contributed by atoms with E-state index in [0.29, 0.717) is 12.3 Å². The van der Waals surface area contributed by atoms with Crippen molar-refractivity contribution in [1.29, 1.82) is 0 Å². The number of benzene rings is 2. The summed E-state index contributed by atoms with van der Waals surface area (Å²) in [4.78, 5) is 19.0. The van der Waals surface area contributed by atoms with E-state index in [4.69, 9.17) is 15.5 Å². The van der Waals surface area contributed by atoms with Crippen LogP contribution in [-0.2, 0) is 17.9 Å². The van der Waals surface area contributed by atoms with Crippen LogP contribution in [0.2, 0.25) is 0 Å². The SMILES string of the molecule is CCNC(=NCc1cccc(OCC(N)=O)c1)N(C)Cc1ccc(SC)cc1.I. The number of carbonyl (C=O) groups excluding carboxylic acids is 1. The first-order valence-electron chi connectivity index (χ1n) is 9.14. The Labute approximate surface area is 194 Å². The molecular formula is C21H29IN4O2S. The number of primary amides is 1. The van der Waals surface area contributed by atoms with Gasteiger partial charge in [0.25, 0.3) is 5.91 Å². The molecule has 0 saturated carbocycles. The molecule has 1 amide bonds. The predicted octanol–water partition coefficient (Wildman–Crippen LogP) is 3.49. The number of amides is 1. The zero-order chi connectivity index (χ0) is 20.4. The van der Waals surface area contributed by atoms with Gasteiger partial charge in [-0.3, -0.25) is 4.79 Å². The molecule has 6 nitrogen and oxygen atoms in total. The van der Waals surface area contributed by atoms with Gasteiger partial charge in [-0.1, -0.05) is 24.3 Å². The lowest BCUT2D eigenvalue weighted by molar-refractivity contribution is -0.119. The quantitative estimate of drug-likeness (QED) is 0.226. The summed E-state index contributed by atoms with van der Waals surface area (Å²) in [7, 11) is 2.02. The molecule has 0 saturated heterocycles. The highest BCUT2D eigenvalue weighted by atomic mass is 127. The molecule has 0 radical (unpaired) electrons. The second-order valence-corrected chi connectivity index (χ2v) is 7.16. The molecule has 0 bridgehead atoms. The summed E-state index contributed by atoms with van der Waals surface area (Å²) in [5.41, 5.74) is 7.35. The molecule has 0 aromatic heterocycles. The molecule has 2 aromatic carbocycles. The molecule has 2 rings (SSSR count). The van der Waals surface area contributed by atoms with Gasteiger partial charge in [-0.25, -0.2) is 4.99 Å². The number of hydrogen-bond acceptors (Lipinski definition) is 4. The van der Waals surface area contributed by atoms with Gasteiger partial charge in [0.2, 0.25) is 0 Å². The topological polar surface area (TPSA) is 80.0 Å². The van der Waals surface area contributed by atoms with Crippen molar-refractivity contribution < 1.29 is 9.53 Å². The lowest BCUT2D eigenvalue weighted by Gasteiger charge is -2.22. The van der Waals surface area contributed by atoms with Crippen LogP contribution in [0.1, 0.15) is 18.1 Å². The highest BCUT2D eigenvalue weighted by Gasteiger charge is 2.07. The molecule has 29 heavy (non-hydrogen) atoms. The lowest BCUT2D eigenvalue weighted by Crippen LogP contribution is -2.38. The van der Waals surface area contributed by atoms with E-state index < -0.39 is 5.91 Å². The molecule has 0 heterocycles. The molecule has 0 spiro atoms. The van der Waals surface area contributed by atoms with Crippen molar-refractivity contribution in [2.45, 2.75) is 24.9 Å². The fraction of sp³-hybridized carbons (Fsp3) is 0.333. The van der Waals surface area contributed by atoms with E-state index in [0.717, 1.165) is 24.6 Å². The van der Waals surface area contributed by atoms with E-state index >= 15 is 0 Å². The zero-order valence-corrected chi connectivity index (χ0v) is 20.2. The minimum atomic E-state index is -0.495. The molecule has 0 aliphatic carbocycles. The molecular weight excluding hydrogens is 499 g/mol. The summed E-state index contributed by atoms with van der Waals surface area (Å²) in [5.74, 6) is 0.948. The highest BCUT2D eigenvalue weighted by molar-refractivity contribution is 14.0. The van der Waals surface area contributed by atoms with Gasteiger partial charge >= 0.3 is 0 Å². The van der Waals surface area contributed by atoms with E-state index in [1.165, 1.54) is 10.5 Å². The minimum absolute atomic E-state index is 0. The number of nitrogens with one attached hydrogen (secondary N) is 1. The van der Waals surface area contributed by atoms with E-state index in [-0.39, 0.29) is 30.6 Å². The van der Waals surface area contributed by atoms with Gasteiger partial charge in [-0.2, -0.15) is 0 Å². The van der Waals surface area contributed by atoms with Gasteiger partial charge in [0.1, 0.15) is 5.75 Å². The summed E-state index contributed by atoms with van der Waals surface area (Å²) >= 11 is 1.74. The van der Waals surface area contributed by atoms with Crippen LogP contribution in [0, 0.1) is 0 Å². The van der Waals surface area contributed by atoms with Crippen molar-refractivity contribution >= 4 is 47.6 Å². The van der Waals surface area contributed by atoms with E-state index in [1.54, 1.807) is 17.8 Å². The average molecular weight is 528 g/mol. The van der Waals surface area contributed by atoms with Crippen LogP contribution in [0.25, 0.3) is 0 Å². The third-order valence-electron chi connectivity index (χ3n) is 3.97. The second kappa shape index (κ2) is 13.3. The third kappa shape index (κ3) is 8.95. The number of ether oxygens (including phenoxy) is 1. The Bertz CT molecular complexity index is 800. The van der Waals surface area contributed by atoms with Crippen molar-refractivity contribution in [1.82, 2.24) is 10.2 Å². The van der Waals surface area contributed by atoms with Crippen LogP contribution in [-0.4, -0.2) is 43.2 Å². The average Bonchev–Trinajstić information content (AvgIpc) is 2.70. The number of aliphatic imine (C=N–C) groups is 1. The van der Waals surface area contributed by atoms with Crippen molar-refractivity contribution in [3.63, 3.8) is 0 Å². The van der Waals surface area contributed by atoms with E-state index in [2.05, 4.69) is 47.7 Å². The van der Waals surface area contributed by atoms with Gasteiger partial charge in [0.15, 0.2) is 12.6 Å². The predicted molar refractivity (Wildman–Crippen MR) is 131 cm³/mol. The Morgan fingerprint density at radius 3 is 2.55 bits per heavy atom. The molecule has 158 valence electrons. The first-order valence-corrected chi connectivity index (χ1v) is 10.4. The van der Waals surface area contributed by atoms with Gasteiger partial charge in [-0.15, -0.1) is 35.7 Å². The normalized spacial score (nSPS) is 10.8. The number of rotatable bonds is 9. The van der Waals surface area contributed by atoms with Gasteiger partial charge < -0.3 is 20.7 Å². The second-order valence-electron chi connectivity index (χ2n) is 6.28. The van der Waals surface area contributed by atoms with Crippen LogP contribution in [0.3, 0.4) is 0 Å². The number of nitrogens with zero attached hydrogens (tertiary/aromatic N) is 2. The zero-order valence-electron chi connectivity index (χ0n) is 17.1.